The summed E-state index contributed by atoms with van der Waals surface area (Å²) in [6, 6.07) is 0. The summed E-state index contributed by atoms with van der Waals surface area (Å²) in [4.78, 5) is 17.7. The van der Waals surface area contributed by atoms with Crippen LogP contribution in [0.15, 0.2) is 22.2 Å². The molecule has 0 radical (unpaired) electrons. The van der Waals surface area contributed by atoms with Crippen molar-refractivity contribution < 1.29 is 9.32 Å². The highest BCUT2D eigenvalue weighted by Crippen LogP contribution is 2.16. The molecule has 0 unspecified atom stereocenters. The predicted octanol–water partition coefficient (Wildman–Crippen LogP) is 1.73. The van der Waals surface area contributed by atoms with Crippen LogP contribution in [0.25, 0.3) is 0 Å². The lowest BCUT2D eigenvalue weighted by atomic mass is 10.1. The van der Waals surface area contributed by atoms with Crippen LogP contribution in [-0.4, -0.2) is 49.1 Å². The first kappa shape index (κ1) is 22.4. The van der Waals surface area contributed by atoms with Crippen molar-refractivity contribution in [3.63, 3.8) is 0 Å². The molecule has 0 aliphatic rings. The molecule has 0 saturated carbocycles. The van der Waals surface area contributed by atoms with Crippen molar-refractivity contribution in [1.82, 2.24) is 20.7 Å². The number of carbonyl (C=O) groups excluding carboxylic acids is 1. The molecule has 24 heavy (non-hydrogen) atoms. The predicted molar refractivity (Wildman–Crippen MR) is 107 cm³/mol. The number of aromatic nitrogens is 1. The first-order valence-electron chi connectivity index (χ1n) is 7.82. The molecule has 0 bridgehead atoms. The van der Waals surface area contributed by atoms with Gasteiger partial charge in [0.15, 0.2) is 5.96 Å². The highest BCUT2D eigenvalue weighted by Gasteiger charge is 2.13. The Morgan fingerprint density at radius 1 is 1.33 bits per heavy atom. The van der Waals surface area contributed by atoms with Crippen molar-refractivity contribution in [3.8, 4) is 0 Å². The van der Waals surface area contributed by atoms with E-state index in [0.29, 0.717) is 19.0 Å². The average molecular weight is 449 g/mol. The van der Waals surface area contributed by atoms with Crippen LogP contribution in [-0.2, 0) is 24.2 Å². The van der Waals surface area contributed by atoms with Gasteiger partial charge in [-0.15, -0.1) is 30.6 Å². The summed E-state index contributed by atoms with van der Waals surface area (Å²) in [6.45, 7) is 8.94. The third-order valence-electron chi connectivity index (χ3n) is 3.32. The number of nitrogens with one attached hydrogen (secondary N) is 2. The average Bonchev–Trinajstić information content (AvgIpc) is 2.95. The van der Waals surface area contributed by atoms with Crippen LogP contribution >= 0.6 is 24.0 Å². The number of aliphatic imine (C=N–C) groups is 1. The molecular formula is C16H28IN5O2. The monoisotopic (exact) mass is 449 g/mol. The largest absolute Gasteiger partial charge is 0.361 e. The van der Waals surface area contributed by atoms with Crippen LogP contribution < -0.4 is 10.6 Å². The van der Waals surface area contributed by atoms with Crippen LogP contribution in [0, 0.1) is 0 Å². The lowest BCUT2D eigenvalue weighted by Crippen LogP contribution is -2.43. The maximum atomic E-state index is 11.7. The van der Waals surface area contributed by atoms with E-state index >= 15 is 0 Å². The number of hydrogen-bond acceptors (Lipinski definition) is 4. The Balaban J connectivity index is 0.00000529. The van der Waals surface area contributed by atoms with Gasteiger partial charge in [0.1, 0.15) is 5.76 Å². The van der Waals surface area contributed by atoms with E-state index < -0.39 is 0 Å². The minimum absolute atomic E-state index is 0. The molecule has 0 aliphatic carbocycles. The van der Waals surface area contributed by atoms with E-state index in [1.165, 1.54) is 4.90 Å². The van der Waals surface area contributed by atoms with Gasteiger partial charge in [0.25, 0.3) is 0 Å². The lowest BCUT2D eigenvalue weighted by Gasteiger charge is -2.14. The molecule has 8 heteroatoms. The number of nitrogens with zero attached hydrogens (tertiary/aromatic N) is 3. The van der Waals surface area contributed by atoms with E-state index in [9.17, 15) is 4.79 Å². The SMILES string of the molecule is C=CCNC(=NCc1c(CC)noc1CC)NCC(=O)N(C)C.I. The number of halogens is 1. The smallest absolute Gasteiger partial charge is 0.241 e. The second-order valence-corrected chi connectivity index (χ2v) is 5.21. The number of hydrogen-bond donors (Lipinski definition) is 2. The van der Waals surface area contributed by atoms with Crippen molar-refractivity contribution in [2.45, 2.75) is 33.2 Å². The molecule has 0 saturated heterocycles. The van der Waals surface area contributed by atoms with Crippen LogP contribution in [0.2, 0.25) is 0 Å². The maximum Gasteiger partial charge on any atom is 0.241 e. The molecule has 1 aromatic heterocycles. The zero-order valence-corrected chi connectivity index (χ0v) is 17.2. The van der Waals surface area contributed by atoms with Gasteiger partial charge in [-0.3, -0.25) is 4.79 Å². The van der Waals surface area contributed by atoms with E-state index in [4.69, 9.17) is 4.52 Å². The molecule has 1 heterocycles. The fourth-order valence-corrected chi connectivity index (χ4v) is 1.94. The zero-order chi connectivity index (χ0) is 17.2. The van der Waals surface area contributed by atoms with Crippen LogP contribution in [0.1, 0.15) is 30.9 Å². The molecule has 0 atom stereocenters. The normalized spacial score (nSPS) is 10.8. The van der Waals surface area contributed by atoms with Gasteiger partial charge in [0.2, 0.25) is 5.91 Å². The Bertz CT molecular complexity index is 533. The number of guanidine groups is 1. The third-order valence-corrected chi connectivity index (χ3v) is 3.32. The molecule has 0 aliphatic heterocycles. The molecular weight excluding hydrogens is 421 g/mol. The lowest BCUT2D eigenvalue weighted by molar-refractivity contribution is -0.127. The van der Waals surface area contributed by atoms with Gasteiger partial charge in [0.05, 0.1) is 18.8 Å². The highest BCUT2D eigenvalue weighted by molar-refractivity contribution is 14.0. The summed E-state index contributed by atoms with van der Waals surface area (Å²) in [5, 5.41) is 10.2. The molecule has 136 valence electrons. The summed E-state index contributed by atoms with van der Waals surface area (Å²) in [6.07, 6.45) is 3.31. The number of aryl methyl sites for hydroxylation is 2. The van der Waals surface area contributed by atoms with Crippen molar-refractivity contribution in [1.29, 1.82) is 0 Å². The van der Waals surface area contributed by atoms with Gasteiger partial charge in [0, 0.05) is 32.6 Å². The van der Waals surface area contributed by atoms with E-state index in [-0.39, 0.29) is 36.4 Å². The molecule has 1 aromatic rings. The Labute approximate surface area is 161 Å². The minimum atomic E-state index is -0.0217. The Kier molecular flexibility index (Phi) is 11.1. The van der Waals surface area contributed by atoms with Crippen molar-refractivity contribution in [2.75, 3.05) is 27.2 Å². The molecule has 2 N–H and O–H groups in total. The quantitative estimate of drug-likeness (QED) is 0.274. The maximum absolute atomic E-state index is 11.7. The Morgan fingerprint density at radius 2 is 2.04 bits per heavy atom. The fraction of sp³-hybridized carbons (Fsp3) is 0.562. The minimum Gasteiger partial charge on any atom is -0.361 e. The Morgan fingerprint density at radius 3 is 2.58 bits per heavy atom. The number of amides is 1. The summed E-state index contributed by atoms with van der Waals surface area (Å²) in [5.41, 5.74) is 1.95. The number of carbonyl (C=O) groups is 1. The van der Waals surface area contributed by atoms with E-state index in [0.717, 1.165) is 29.9 Å². The van der Waals surface area contributed by atoms with Gasteiger partial charge >= 0.3 is 0 Å². The molecule has 0 aromatic carbocycles. The van der Waals surface area contributed by atoms with Crippen LogP contribution in [0.4, 0.5) is 0 Å². The number of rotatable bonds is 8. The van der Waals surface area contributed by atoms with E-state index in [1.54, 1.807) is 20.2 Å². The Hall–Kier alpha value is -1.58. The third kappa shape index (κ3) is 6.90. The second kappa shape index (κ2) is 11.9. The van der Waals surface area contributed by atoms with Gasteiger partial charge < -0.3 is 20.1 Å². The molecule has 7 nitrogen and oxygen atoms in total. The van der Waals surface area contributed by atoms with Gasteiger partial charge in [-0.05, 0) is 6.42 Å². The first-order valence-corrected chi connectivity index (χ1v) is 7.82. The van der Waals surface area contributed by atoms with Crippen LogP contribution in [0.3, 0.4) is 0 Å². The van der Waals surface area contributed by atoms with Crippen molar-refractivity contribution in [3.05, 3.63) is 29.7 Å². The van der Waals surface area contributed by atoms with Crippen molar-refractivity contribution in [2.24, 2.45) is 4.99 Å². The van der Waals surface area contributed by atoms with Crippen molar-refractivity contribution >= 4 is 35.8 Å². The summed E-state index contributed by atoms with van der Waals surface area (Å²) in [7, 11) is 3.44. The topological polar surface area (TPSA) is 82.8 Å². The fourth-order valence-electron chi connectivity index (χ4n) is 1.94. The van der Waals surface area contributed by atoms with Gasteiger partial charge in [-0.25, -0.2) is 4.99 Å². The summed E-state index contributed by atoms with van der Waals surface area (Å²) < 4.78 is 5.34. The van der Waals surface area contributed by atoms with Gasteiger partial charge in [-0.1, -0.05) is 25.1 Å². The zero-order valence-electron chi connectivity index (χ0n) is 14.9. The molecule has 1 amide bonds. The molecule has 1 rings (SSSR count). The van der Waals surface area contributed by atoms with Crippen LogP contribution in [0.5, 0.6) is 0 Å². The summed E-state index contributed by atoms with van der Waals surface area (Å²) >= 11 is 0. The second-order valence-electron chi connectivity index (χ2n) is 5.21. The highest BCUT2D eigenvalue weighted by atomic mass is 127. The molecule has 0 fully saturated rings. The van der Waals surface area contributed by atoms with E-state index in [1.807, 2.05) is 13.8 Å². The first-order chi connectivity index (χ1) is 11.0. The number of likely N-dealkylation sites (N-methyl/N-ethyl adjacent to an activating group) is 1. The van der Waals surface area contributed by atoms with E-state index in [2.05, 4.69) is 27.4 Å². The standard InChI is InChI=1S/C16H27N5O2.HI/c1-6-9-17-16(19-11-15(22)21(4)5)18-10-12-13(7-2)20-23-14(12)8-3;/h6H,1,7-11H2,2-5H3,(H2,17,18,19);1H. The van der Waals surface area contributed by atoms with Gasteiger partial charge in [-0.2, -0.15) is 0 Å². The summed E-state index contributed by atoms with van der Waals surface area (Å²) in [5.74, 6) is 1.40. The molecule has 0 spiro atoms.